The Hall–Kier alpha value is -4.60. The molecule has 0 atom stereocenters. The van der Waals surface area contributed by atoms with Crippen molar-refractivity contribution in [2.45, 2.75) is 103 Å². The third-order valence-corrected chi connectivity index (χ3v) is 12.7. The van der Waals surface area contributed by atoms with E-state index in [4.69, 9.17) is 0 Å². The van der Waals surface area contributed by atoms with Crippen molar-refractivity contribution in [2.75, 3.05) is 52.4 Å². The first-order valence-electron chi connectivity index (χ1n) is 22.9. The van der Waals surface area contributed by atoms with Crippen LogP contribution in [0.3, 0.4) is 0 Å². The Balaban J connectivity index is 0.000000181. The number of rotatable bonds is 12. The van der Waals surface area contributed by atoms with Gasteiger partial charge in [-0.05, 0) is 175 Å². The van der Waals surface area contributed by atoms with Crippen molar-refractivity contribution in [3.8, 4) is 23.0 Å². The van der Waals surface area contributed by atoms with Crippen molar-refractivity contribution in [2.24, 2.45) is 0 Å². The highest BCUT2D eigenvalue weighted by molar-refractivity contribution is 5.72. The minimum absolute atomic E-state index is 0.381. The van der Waals surface area contributed by atoms with Gasteiger partial charge in [0.1, 0.15) is 23.0 Å². The first kappa shape index (κ1) is 43.5. The monoisotopic (exact) mass is 813 g/mol. The number of aromatic hydroxyl groups is 4. The van der Waals surface area contributed by atoms with Gasteiger partial charge in [0.25, 0.3) is 0 Å². The van der Waals surface area contributed by atoms with Gasteiger partial charge in [-0.3, -0.25) is 19.6 Å². The molecule has 320 valence electrons. The molecule has 0 bridgehead atoms. The van der Waals surface area contributed by atoms with Crippen molar-refractivity contribution in [3.05, 3.63) is 117 Å². The Morgan fingerprint density at radius 3 is 0.700 bits per heavy atom. The van der Waals surface area contributed by atoms with Gasteiger partial charge in [-0.2, -0.15) is 0 Å². The van der Waals surface area contributed by atoms with Gasteiger partial charge in [0.15, 0.2) is 0 Å². The second-order valence-electron chi connectivity index (χ2n) is 17.6. The number of phenols is 4. The zero-order valence-corrected chi connectivity index (χ0v) is 35.8. The van der Waals surface area contributed by atoms with Crippen LogP contribution in [0.4, 0.5) is 0 Å². The molecule has 0 aromatic heterocycles. The number of hydrogen-bond acceptors (Lipinski definition) is 8. The van der Waals surface area contributed by atoms with E-state index in [9.17, 15) is 20.4 Å². The Morgan fingerprint density at radius 2 is 0.500 bits per heavy atom. The standard InChI is InChI=1S/2C26H34N2O2/c2*29-25-11-9-21(17-23(25)19-27-13-3-1-4-14-27)7-8-22-10-12-26(30)24(18-22)20-28-15-5-2-6-16-28/h2*7-12,17-18,29-30H,1-6,13-16,19-20H2/b8-7+;8-7-. The molecule has 4 N–H and O–H groups in total. The van der Waals surface area contributed by atoms with E-state index in [0.29, 0.717) is 23.0 Å². The van der Waals surface area contributed by atoms with Gasteiger partial charge >= 0.3 is 0 Å². The lowest BCUT2D eigenvalue weighted by Crippen LogP contribution is -2.29. The predicted molar refractivity (Wildman–Crippen MR) is 247 cm³/mol. The quantitative estimate of drug-likeness (QED) is 0.105. The molecule has 0 amide bonds. The molecular formula is C52H68N4O4. The summed E-state index contributed by atoms with van der Waals surface area (Å²) in [7, 11) is 0. The summed E-state index contributed by atoms with van der Waals surface area (Å²) in [6, 6.07) is 23.4. The highest BCUT2D eigenvalue weighted by Crippen LogP contribution is 2.28. The number of phenolic OH excluding ortho intramolecular Hbond substituents is 4. The SMILES string of the molecule is Oc1ccc(/C=C/c2ccc(O)c(CN3CCCCC3)c2)cc1CN1CCCCC1.Oc1ccc(/C=C\c2ccc(O)c(CN3CCCCC3)c2)cc1CN1CCCCC1. The fourth-order valence-corrected chi connectivity index (χ4v) is 9.16. The largest absolute Gasteiger partial charge is 0.508 e. The van der Waals surface area contributed by atoms with Crippen LogP contribution < -0.4 is 0 Å². The van der Waals surface area contributed by atoms with Crippen LogP contribution in [0.15, 0.2) is 72.8 Å². The van der Waals surface area contributed by atoms with Crippen LogP contribution in [0.2, 0.25) is 0 Å². The second kappa shape index (κ2) is 22.3. The Bertz CT molecular complexity index is 1730. The summed E-state index contributed by atoms with van der Waals surface area (Å²) in [5.41, 5.74) is 8.34. The van der Waals surface area contributed by atoms with E-state index in [0.717, 1.165) is 123 Å². The highest BCUT2D eigenvalue weighted by atomic mass is 16.3. The van der Waals surface area contributed by atoms with Gasteiger partial charge in [-0.1, -0.05) is 74.3 Å². The maximum absolute atomic E-state index is 10.3. The average Bonchev–Trinajstić information content (AvgIpc) is 3.28. The van der Waals surface area contributed by atoms with Crippen LogP contribution in [0.5, 0.6) is 23.0 Å². The van der Waals surface area contributed by atoms with Crippen LogP contribution in [-0.4, -0.2) is 92.4 Å². The lowest BCUT2D eigenvalue weighted by molar-refractivity contribution is 0.218. The van der Waals surface area contributed by atoms with E-state index in [1.165, 1.54) is 77.0 Å². The number of benzene rings is 4. The Labute approximate surface area is 359 Å². The third-order valence-electron chi connectivity index (χ3n) is 12.7. The zero-order valence-electron chi connectivity index (χ0n) is 35.8. The molecule has 4 aromatic rings. The highest BCUT2D eigenvalue weighted by Gasteiger charge is 2.16. The first-order valence-corrected chi connectivity index (χ1v) is 22.9. The second-order valence-corrected chi connectivity index (χ2v) is 17.6. The third kappa shape index (κ3) is 13.2. The minimum atomic E-state index is 0.381. The number of hydrogen-bond donors (Lipinski definition) is 4. The molecular weight excluding hydrogens is 745 g/mol. The molecule has 8 rings (SSSR count). The van der Waals surface area contributed by atoms with E-state index in [1.807, 2.05) is 24.3 Å². The van der Waals surface area contributed by atoms with E-state index < -0.39 is 0 Å². The van der Waals surface area contributed by atoms with Crippen molar-refractivity contribution < 1.29 is 20.4 Å². The summed E-state index contributed by atoms with van der Waals surface area (Å²) in [5.74, 6) is 1.52. The van der Waals surface area contributed by atoms with Gasteiger partial charge in [0, 0.05) is 48.4 Å². The molecule has 4 aliphatic rings. The Kier molecular flexibility index (Phi) is 16.2. The van der Waals surface area contributed by atoms with Crippen LogP contribution in [-0.2, 0) is 26.2 Å². The van der Waals surface area contributed by atoms with Crippen LogP contribution in [0.25, 0.3) is 24.3 Å². The Morgan fingerprint density at radius 1 is 0.300 bits per heavy atom. The predicted octanol–water partition coefficient (Wildman–Crippen LogP) is 10.5. The van der Waals surface area contributed by atoms with Gasteiger partial charge in [0.2, 0.25) is 0 Å². The molecule has 4 saturated heterocycles. The maximum atomic E-state index is 10.3. The van der Waals surface area contributed by atoms with Gasteiger partial charge < -0.3 is 20.4 Å². The van der Waals surface area contributed by atoms with Gasteiger partial charge in [-0.15, -0.1) is 0 Å². The van der Waals surface area contributed by atoms with Crippen LogP contribution >= 0.6 is 0 Å². The van der Waals surface area contributed by atoms with E-state index >= 15 is 0 Å². The van der Waals surface area contributed by atoms with Gasteiger partial charge in [0.05, 0.1) is 0 Å². The van der Waals surface area contributed by atoms with Crippen molar-refractivity contribution in [3.63, 3.8) is 0 Å². The number of piperidine rings is 4. The fourth-order valence-electron chi connectivity index (χ4n) is 9.16. The number of nitrogens with zero attached hydrogens (tertiary/aromatic N) is 4. The summed E-state index contributed by atoms with van der Waals surface area (Å²) in [6.45, 7) is 12.2. The zero-order chi connectivity index (χ0) is 41.5. The smallest absolute Gasteiger partial charge is 0.120 e. The molecule has 0 aliphatic carbocycles. The first-order chi connectivity index (χ1) is 29.3. The number of likely N-dealkylation sites (tertiary alicyclic amines) is 4. The molecule has 0 radical (unpaired) electrons. The fraction of sp³-hybridized carbons (Fsp3) is 0.462. The minimum Gasteiger partial charge on any atom is -0.508 e. The molecule has 4 fully saturated rings. The van der Waals surface area contributed by atoms with Crippen molar-refractivity contribution >= 4 is 24.3 Å². The summed E-state index contributed by atoms with van der Waals surface area (Å²) < 4.78 is 0. The average molecular weight is 813 g/mol. The summed E-state index contributed by atoms with van der Waals surface area (Å²) >= 11 is 0. The lowest BCUT2D eigenvalue weighted by Gasteiger charge is -2.26. The topological polar surface area (TPSA) is 93.9 Å². The summed E-state index contributed by atoms with van der Waals surface area (Å²) in [6.07, 6.45) is 23.6. The summed E-state index contributed by atoms with van der Waals surface area (Å²) in [5, 5.41) is 41.2. The molecule has 4 aromatic carbocycles. The molecule has 4 heterocycles. The molecule has 0 saturated carbocycles. The van der Waals surface area contributed by atoms with E-state index in [2.05, 4.69) is 68.2 Å². The van der Waals surface area contributed by atoms with Gasteiger partial charge in [-0.25, -0.2) is 0 Å². The van der Waals surface area contributed by atoms with E-state index in [1.54, 1.807) is 24.3 Å². The normalized spacial score (nSPS) is 18.8. The molecule has 4 aliphatic heterocycles. The van der Waals surface area contributed by atoms with E-state index in [-0.39, 0.29) is 0 Å². The maximum Gasteiger partial charge on any atom is 0.120 e. The molecule has 0 unspecified atom stereocenters. The van der Waals surface area contributed by atoms with Crippen LogP contribution in [0.1, 0.15) is 122 Å². The van der Waals surface area contributed by atoms with Crippen LogP contribution in [0, 0.1) is 0 Å². The molecule has 60 heavy (non-hydrogen) atoms. The molecule has 8 heteroatoms. The van der Waals surface area contributed by atoms with Crippen molar-refractivity contribution in [1.82, 2.24) is 19.6 Å². The summed E-state index contributed by atoms with van der Waals surface area (Å²) in [4.78, 5) is 9.72. The molecule has 0 spiro atoms. The molecule has 8 nitrogen and oxygen atoms in total. The van der Waals surface area contributed by atoms with Crippen molar-refractivity contribution in [1.29, 1.82) is 0 Å². The lowest BCUT2D eigenvalue weighted by atomic mass is 10.0.